The van der Waals surface area contributed by atoms with Gasteiger partial charge >= 0.3 is 0 Å². The molecule has 1 aromatic carbocycles. The van der Waals surface area contributed by atoms with Crippen LogP contribution in [0.3, 0.4) is 0 Å². The van der Waals surface area contributed by atoms with E-state index in [9.17, 15) is 8.42 Å². The molecule has 0 amide bonds. The van der Waals surface area contributed by atoms with Crippen LogP contribution in [0.2, 0.25) is 0 Å². The topological polar surface area (TPSA) is 111 Å². The van der Waals surface area contributed by atoms with Crippen LogP contribution in [0, 0.1) is 6.92 Å². The molecular weight excluding hydrogens is 380 g/mol. The third-order valence-corrected chi connectivity index (χ3v) is 5.45. The summed E-state index contributed by atoms with van der Waals surface area (Å²) in [4.78, 5) is 12.8. The van der Waals surface area contributed by atoms with Crippen LogP contribution >= 0.6 is 0 Å². The number of oxazole rings is 1. The number of nitrogens with zero attached hydrogens (tertiary/aromatic N) is 3. The first-order valence-electron chi connectivity index (χ1n) is 8.39. The van der Waals surface area contributed by atoms with Gasteiger partial charge in [0.05, 0.1) is 23.4 Å². The number of benzene rings is 1. The van der Waals surface area contributed by atoms with E-state index in [2.05, 4.69) is 19.7 Å². The van der Waals surface area contributed by atoms with Crippen molar-refractivity contribution in [2.45, 2.75) is 18.4 Å². The van der Waals surface area contributed by atoms with Crippen molar-refractivity contribution in [3.8, 4) is 22.7 Å². The number of hydrogen-bond acceptors (Lipinski definition) is 7. The highest BCUT2D eigenvalue weighted by Gasteiger charge is 2.17. The average Bonchev–Trinajstić information content (AvgIpc) is 3.39. The Morgan fingerprint density at radius 2 is 1.82 bits per heavy atom. The minimum absolute atomic E-state index is 0.0174. The summed E-state index contributed by atoms with van der Waals surface area (Å²) in [6, 6.07) is 9.88. The number of aromatic nitrogens is 3. The number of nitrogens with one attached hydrogen (secondary N) is 1. The molecule has 8 nitrogen and oxygen atoms in total. The lowest BCUT2D eigenvalue weighted by molar-refractivity contribution is 0.521. The molecule has 0 atom stereocenters. The van der Waals surface area contributed by atoms with Gasteiger partial charge in [0.25, 0.3) is 0 Å². The Bertz CT molecular complexity index is 1180. The average molecular weight is 396 g/mol. The Morgan fingerprint density at radius 3 is 2.50 bits per heavy atom. The third kappa shape index (κ3) is 3.71. The van der Waals surface area contributed by atoms with Crippen molar-refractivity contribution in [1.29, 1.82) is 0 Å². The fourth-order valence-corrected chi connectivity index (χ4v) is 3.65. The molecule has 0 spiro atoms. The molecule has 3 heterocycles. The number of hydrogen-bond donors (Lipinski definition) is 1. The minimum atomic E-state index is -3.73. The molecule has 0 saturated carbocycles. The smallest absolute Gasteiger partial charge is 0.240 e. The maximum absolute atomic E-state index is 12.6. The van der Waals surface area contributed by atoms with Crippen LogP contribution in [0.1, 0.15) is 11.6 Å². The second-order valence-electron chi connectivity index (χ2n) is 5.93. The van der Waals surface area contributed by atoms with Gasteiger partial charge in [-0.05, 0) is 24.3 Å². The lowest BCUT2D eigenvalue weighted by Crippen LogP contribution is -2.24. The van der Waals surface area contributed by atoms with Crippen molar-refractivity contribution in [2.75, 3.05) is 0 Å². The number of sulfonamides is 1. The van der Waals surface area contributed by atoms with Crippen LogP contribution in [-0.2, 0) is 16.6 Å². The maximum atomic E-state index is 12.6. The van der Waals surface area contributed by atoms with Crippen molar-refractivity contribution >= 4 is 10.0 Å². The number of aryl methyl sites for hydroxylation is 1. The van der Waals surface area contributed by atoms with E-state index in [1.807, 2.05) is 0 Å². The van der Waals surface area contributed by atoms with Gasteiger partial charge in [-0.1, -0.05) is 12.1 Å². The number of furan rings is 1. The SMILES string of the molecule is Cc1nc(-c2ccc(S(=O)(=O)NCc3nccnc3-c3ccco3)cc2)co1. The van der Waals surface area contributed by atoms with Crippen LogP contribution in [0.15, 0.2) is 75.0 Å². The van der Waals surface area contributed by atoms with E-state index in [4.69, 9.17) is 8.83 Å². The fourth-order valence-electron chi connectivity index (χ4n) is 2.66. The van der Waals surface area contributed by atoms with Gasteiger partial charge in [0, 0.05) is 24.9 Å². The van der Waals surface area contributed by atoms with E-state index in [1.165, 1.54) is 37.1 Å². The van der Waals surface area contributed by atoms with E-state index < -0.39 is 10.0 Å². The predicted molar refractivity (Wildman–Crippen MR) is 100 cm³/mol. The summed E-state index contributed by atoms with van der Waals surface area (Å²) in [5.74, 6) is 1.07. The summed E-state index contributed by atoms with van der Waals surface area (Å²) >= 11 is 0. The van der Waals surface area contributed by atoms with Crippen molar-refractivity contribution in [1.82, 2.24) is 19.7 Å². The second-order valence-corrected chi connectivity index (χ2v) is 7.70. The summed E-state index contributed by atoms with van der Waals surface area (Å²) in [7, 11) is -3.73. The molecule has 0 aliphatic heterocycles. The van der Waals surface area contributed by atoms with E-state index in [0.717, 1.165) is 5.56 Å². The molecule has 4 aromatic rings. The Labute approximate surface area is 161 Å². The molecule has 0 bridgehead atoms. The van der Waals surface area contributed by atoms with Crippen molar-refractivity contribution in [2.24, 2.45) is 0 Å². The van der Waals surface area contributed by atoms with E-state index in [-0.39, 0.29) is 11.4 Å². The highest BCUT2D eigenvalue weighted by atomic mass is 32.2. The molecule has 142 valence electrons. The quantitative estimate of drug-likeness (QED) is 0.533. The third-order valence-electron chi connectivity index (χ3n) is 4.04. The van der Waals surface area contributed by atoms with Gasteiger partial charge in [-0.3, -0.25) is 4.98 Å². The largest absolute Gasteiger partial charge is 0.463 e. The Kier molecular flexibility index (Phi) is 4.76. The van der Waals surface area contributed by atoms with E-state index in [1.54, 1.807) is 31.2 Å². The van der Waals surface area contributed by atoms with Crippen LogP contribution in [-0.4, -0.2) is 23.4 Å². The van der Waals surface area contributed by atoms with Crippen LogP contribution < -0.4 is 4.72 Å². The first-order valence-corrected chi connectivity index (χ1v) is 9.87. The lowest BCUT2D eigenvalue weighted by atomic mass is 10.2. The van der Waals surface area contributed by atoms with E-state index >= 15 is 0 Å². The molecule has 0 aliphatic rings. The van der Waals surface area contributed by atoms with Gasteiger partial charge in [0.2, 0.25) is 10.0 Å². The van der Waals surface area contributed by atoms with Crippen LogP contribution in [0.4, 0.5) is 0 Å². The van der Waals surface area contributed by atoms with Gasteiger partial charge < -0.3 is 8.83 Å². The van der Waals surface area contributed by atoms with Gasteiger partial charge in [-0.25, -0.2) is 23.1 Å². The molecule has 28 heavy (non-hydrogen) atoms. The Hall–Kier alpha value is -3.30. The molecule has 0 saturated heterocycles. The summed E-state index contributed by atoms with van der Waals surface area (Å²) in [5, 5.41) is 0. The summed E-state index contributed by atoms with van der Waals surface area (Å²) < 4.78 is 38.4. The highest BCUT2D eigenvalue weighted by Crippen LogP contribution is 2.22. The van der Waals surface area contributed by atoms with Crippen molar-refractivity contribution in [3.05, 3.63) is 72.9 Å². The molecule has 3 aromatic heterocycles. The van der Waals surface area contributed by atoms with Gasteiger partial charge in [0.1, 0.15) is 17.7 Å². The Morgan fingerprint density at radius 1 is 1.04 bits per heavy atom. The molecule has 0 radical (unpaired) electrons. The molecule has 9 heteroatoms. The molecule has 0 aliphatic carbocycles. The molecule has 0 unspecified atom stereocenters. The molecular formula is C19H16N4O4S. The molecule has 1 N–H and O–H groups in total. The first-order chi connectivity index (χ1) is 13.5. The number of rotatable bonds is 6. The van der Waals surface area contributed by atoms with Gasteiger partial charge in [-0.2, -0.15) is 0 Å². The monoisotopic (exact) mass is 396 g/mol. The molecule has 4 rings (SSSR count). The van der Waals surface area contributed by atoms with E-state index in [0.29, 0.717) is 28.7 Å². The minimum Gasteiger partial charge on any atom is -0.463 e. The van der Waals surface area contributed by atoms with Crippen molar-refractivity contribution < 1.29 is 17.3 Å². The van der Waals surface area contributed by atoms with Crippen molar-refractivity contribution in [3.63, 3.8) is 0 Å². The maximum Gasteiger partial charge on any atom is 0.240 e. The van der Waals surface area contributed by atoms with Gasteiger partial charge in [0.15, 0.2) is 11.7 Å². The summed E-state index contributed by atoms with van der Waals surface area (Å²) in [5.41, 5.74) is 2.38. The lowest BCUT2D eigenvalue weighted by Gasteiger charge is -2.09. The summed E-state index contributed by atoms with van der Waals surface area (Å²) in [6.45, 7) is 1.73. The highest BCUT2D eigenvalue weighted by molar-refractivity contribution is 7.89. The van der Waals surface area contributed by atoms with Gasteiger partial charge in [-0.15, -0.1) is 0 Å². The van der Waals surface area contributed by atoms with Crippen LogP contribution in [0.25, 0.3) is 22.7 Å². The predicted octanol–water partition coefficient (Wildman–Crippen LogP) is 3.18. The zero-order valence-corrected chi connectivity index (χ0v) is 15.7. The molecule has 0 fully saturated rings. The Balaban J connectivity index is 1.52. The zero-order valence-electron chi connectivity index (χ0n) is 14.9. The normalized spacial score (nSPS) is 11.6. The fraction of sp³-hybridized carbons (Fsp3) is 0.105. The standard InChI is InChI=1S/C19H16N4O4S/c1-13-23-17(12-27-13)14-4-6-15(7-5-14)28(24,25)22-11-16-19(21-9-8-20-16)18-3-2-10-26-18/h2-10,12,22H,11H2,1H3. The first kappa shape index (κ1) is 18.1. The summed E-state index contributed by atoms with van der Waals surface area (Å²) in [6.07, 6.45) is 6.09. The zero-order chi connectivity index (χ0) is 19.6. The van der Waals surface area contributed by atoms with Crippen LogP contribution in [0.5, 0.6) is 0 Å². The second kappa shape index (κ2) is 7.37.